The molecule has 12 heteroatoms. The molecule has 2 aromatic heterocycles. The van der Waals surface area contributed by atoms with Crippen molar-refractivity contribution in [2.75, 3.05) is 63.1 Å². The van der Waals surface area contributed by atoms with Crippen molar-refractivity contribution in [1.29, 1.82) is 0 Å². The van der Waals surface area contributed by atoms with Gasteiger partial charge < -0.3 is 20.7 Å². The number of nitrogens with two attached hydrogens (primary N) is 1. The van der Waals surface area contributed by atoms with Crippen LogP contribution in [0.5, 0.6) is 0 Å². The van der Waals surface area contributed by atoms with E-state index in [2.05, 4.69) is 35.1 Å². The highest BCUT2D eigenvalue weighted by molar-refractivity contribution is 5.80. The second-order valence-electron chi connectivity index (χ2n) is 7.76. The lowest BCUT2D eigenvalue weighted by Crippen LogP contribution is -2.53. The Morgan fingerprint density at radius 1 is 1.19 bits per heavy atom. The van der Waals surface area contributed by atoms with Crippen LogP contribution < -0.4 is 21.4 Å². The van der Waals surface area contributed by atoms with Crippen LogP contribution in [0.4, 0.5) is 11.8 Å². The van der Waals surface area contributed by atoms with Crippen molar-refractivity contribution in [2.24, 2.45) is 0 Å². The van der Waals surface area contributed by atoms with E-state index in [1.807, 2.05) is 11.5 Å². The molecule has 1 atom stereocenters. The predicted molar refractivity (Wildman–Crippen MR) is 117 cm³/mol. The summed E-state index contributed by atoms with van der Waals surface area (Å²) in [7, 11) is 0. The zero-order valence-corrected chi connectivity index (χ0v) is 17.9. The average Bonchev–Trinajstić information content (AvgIpc) is 2.85. The highest BCUT2D eigenvalue weighted by Crippen LogP contribution is 2.20. The minimum Gasteiger partial charge on any atom is -0.384 e. The number of carbonyl (C=O) groups is 1. The van der Waals surface area contributed by atoms with E-state index in [0.717, 1.165) is 31.7 Å². The summed E-state index contributed by atoms with van der Waals surface area (Å²) in [4.78, 5) is 34.6. The highest BCUT2D eigenvalue weighted by atomic mass is 16.5. The van der Waals surface area contributed by atoms with Crippen LogP contribution in [0.2, 0.25) is 0 Å². The number of hydroxylamine groups is 1. The number of hydrogen-bond acceptors (Lipinski definition) is 11. The number of carbonyl (C=O) groups excluding carboxylic acids is 1. The number of amides is 1. The third-order valence-electron chi connectivity index (χ3n) is 5.65. The minimum absolute atomic E-state index is 0.419. The van der Waals surface area contributed by atoms with E-state index in [0.29, 0.717) is 62.6 Å². The second-order valence-corrected chi connectivity index (χ2v) is 7.76. The third kappa shape index (κ3) is 5.46. The van der Waals surface area contributed by atoms with E-state index < -0.39 is 11.9 Å². The molecule has 2 aliphatic heterocycles. The van der Waals surface area contributed by atoms with Crippen LogP contribution in [0.25, 0.3) is 11.4 Å². The van der Waals surface area contributed by atoms with E-state index in [1.165, 1.54) is 0 Å². The van der Waals surface area contributed by atoms with Crippen LogP contribution in [0.3, 0.4) is 0 Å². The minimum atomic E-state index is -0.465. The summed E-state index contributed by atoms with van der Waals surface area (Å²) in [5, 5.41) is 12.5. The summed E-state index contributed by atoms with van der Waals surface area (Å²) < 4.78 is 5.45. The van der Waals surface area contributed by atoms with Crippen molar-refractivity contribution in [1.82, 2.24) is 35.6 Å². The molecule has 12 nitrogen and oxygen atoms in total. The molecule has 0 saturated carbocycles. The van der Waals surface area contributed by atoms with Gasteiger partial charge in [0, 0.05) is 57.4 Å². The first kappa shape index (κ1) is 22.3. The van der Waals surface area contributed by atoms with Crippen molar-refractivity contribution >= 4 is 17.7 Å². The summed E-state index contributed by atoms with van der Waals surface area (Å²) in [6.45, 7) is 5.68. The standard InChI is InChI=1S/C20H29N9O3/c21-16-3-1-14(13-23-16)18-24-17(25-20(26-18)29-9-11-32-12-10-29)4-2-15(19(30)27-31)28-7-5-22-6-8-28/h1,3,13,15,22,31H,2,4-12H2,(H2,21,23)(H,27,30). The van der Waals surface area contributed by atoms with Gasteiger partial charge in [0.2, 0.25) is 5.95 Å². The molecular formula is C20H29N9O3. The van der Waals surface area contributed by atoms with Gasteiger partial charge in [0.1, 0.15) is 11.6 Å². The summed E-state index contributed by atoms with van der Waals surface area (Å²) in [5.41, 5.74) is 8.27. The normalized spacial score (nSPS) is 18.3. The van der Waals surface area contributed by atoms with Crippen molar-refractivity contribution in [3.05, 3.63) is 24.2 Å². The van der Waals surface area contributed by atoms with Crippen molar-refractivity contribution in [3.63, 3.8) is 0 Å². The van der Waals surface area contributed by atoms with Crippen LogP contribution in [-0.2, 0) is 16.0 Å². The maximum atomic E-state index is 12.3. The Labute approximate surface area is 186 Å². The maximum Gasteiger partial charge on any atom is 0.260 e. The van der Waals surface area contributed by atoms with E-state index in [1.54, 1.807) is 12.3 Å². The Hall–Kier alpha value is -2.93. The van der Waals surface area contributed by atoms with Crippen LogP contribution in [0, 0.1) is 0 Å². The second kappa shape index (κ2) is 10.6. The number of hydrogen-bond donors (Lipinski definition) is 4. The topological polar surface area (TPSA) is 155 Å². The first-order valence-corrected chi connectivity index (χ1v) is 10.8. The number of nitrogens with zero attached hydrogens (tertiary/aromatic N) is 6. The number of nitrogen functional groups attached to an aromatic ring is 1. The van der Waals surface area contributed by atoms with Gasteiger partial charge in [-0.25, -0.2) is 15.4 Å². The fourth-order valence-electron chi connectivity index (χ4n) is 3.90. The van der Waals surface area contributed by atoms with Crippen LogP contribution in [-0.4, -0.2) is 94.5 Å². The molecule has 0 aromatic carbocycles. The largest absolute Gasteiger partial charge is 0.384 e. The number of pyridine rings is 1. The monoisotopic (exact) mass is 443 g/mol. The van der Waals surface area contributed by atoms with Crippen LogP contribution >= 0.6 is 0 Å². The molecule has 1 unspecified atom stereocenters. The number of rotatable bonds is 7. The lowest BCUT2D eigenvalue weighted by atomic mass is 10.1. The molecule has 1 amide bonds. The first-order chi connectivity index (χ1) is 15.6. The van der Waals surface area contributed by atoms with Gasteiger partial charge >= 0.3 is 0 Å². The fourth-order valence-corrected chi connectivity index (χ4v) is 3.90. The molecule has 0 spiro atoms. The van der Waals surface area contributed by atoms with E-state index in [4.69, 9.17) is 10.5 Å². The molecule has 32 heavy (non-hydrogen) atoms. The molecule has 2 aliphatic rings. The zero-order chi connectivity index (χ0) is 22.3. The number of piperazine rings is 1. The third-order valence-corrected chi connectivity index (χ3v) is 5.65. The number of anilines is 2. The molecule has 2 aromatic rings. The molecule has 4 heterocycles. The summed E-state index contributed by atoms with van der Waals surface area (Å²) >= 11 is 0. The van der Waals surface area contributed by atoms with E-state index in [-0.39, 0.29) is 0 Å². The average molecular weight is 444 g/mol. The molecular weight excluding hydrogens is 414 g/mol. The van der Waals surface area contributed by atoms with Gasteiger partial charge in [-0.2, -0.15) is 9.97 Å². The molecule has 172 valence electrons. The van der Waals surface area contributed by atoms with E-state index in [9.17, 15) is 10.0 Å². The van der Waals surface area contributed by atoms with E-state index >= 15 is 0 Å². The number of nitrogens with one attached hydrogen (secondary N) is 2. The highest BCUT2D eigenvalue weighted by Gasteiger charge is 2.27. The lowest BCUT2D eigenvalue weighted by molar-refractivity contribution is -0.135. The molecule has 5 N–H and O–H groups in total. The SMILES string of the molecule is Nc1ccc(-c2nc(CCC(C(=O)NO)N3CCNCC3)nc(N3CCOCC3)n2)cn1. The molecule has 4 rings (SSSR count). The number of ether oxygens (including phenoxy) is 1. The predicted octanol–water partition coefficient (Wildman–Crippen LogP) is -0.936. The Bertz CT molecular complexity index is 900. The van der Waals surface area contributed by atoms with Crippen molar-refractivity contribution < 1.29 is 14.7 Å². The van der Waals surface area contributed by atoms with Gasteiger partial charge in [0.15, 0.2) is 5.82 Å². The summed E-state index contributed by atoms with van der Waals surface area (Å²) in [5.74, 6) is 1.67. The Morgan fingerprint density at radius 2 is 1.97 bits per heavy atom. The van der Waals surface area contributed by atoms with Gasteiger partial charge in [-0.15, -0.1) is 0 Å². The maximum absolute atomic E-state index is 12.3. The number of aryl methyl sites for hydroxylation is 1. The van der Waals surface area contributed by atoms with Gasteiger partial charge in [0.25, 0.3) is 5.91 Å². The van der Waals surface area contributed by atoms with Crippen molar-refractivity contribution in [2.45, 2.75) is 18.9 Å². The van der Waals surface area contributed by atoms with Gasteiger partial charge in [-0.1, -0.05) is 0 Å². The van der Waals surface area contributed by atoms with Crippen LogP contribution in [0.15, 0.2) is 18.3 Å². The van der Waals surface area contributed by atoms with Gasteiger partial charge in [-0.3, -0.25) is 14.9 Å². The molecule has 0 radical (unpaired) electrons. The number of morpholine rings is 1. The summed E-state index contributed by atoms with van der Waals surface area (Å²) in [6, 6.07) is 3.07. The Morgan fingerprint density at radius 3 is 2.66 bits per heavy atom. The molecule has 2 saturated heterocycles. The molecule has 0 bridgehead atoms. The van der Waals surface area contributed by atoms with Gasteiger partial charge in [-0.05, 0) is 18.6 Å². The quantitative estimate of drug-likeness (QED) is 0.310. The fraction of sp³-hybridized carbons (Fsp3) is 0.550. The smallest absolute Gasteiger partial charge is 0.260 e. The zero-order valence-electron chi connectivity index (χ0n) is 17.9. The lowest BCUT2D eigenvalue weighted by Gasteiger charge is -2.33. The Kier molecular flexibility index (Phi) is 7.37. The first-order valence-electron chi connectivity index (χ1n) is 10.8. The summed E-state index contributed by atoms with van der Waals surface area (Å²) in [6.07, 6.45) is 2.57. The van der Waals surface area contributed by atoms with Crippen LogP contribution in [0.1, 0.15) is 12.2 Å². The van der Waals surface area contributed by atoms with Gasteiger partial charge in [0.05, 0.1) is 19.3 Å². The number of aromatic nitrogens is 4. The Balaban J connectivity index is 1.58. The molecule has 0 aliphatic carbocycles. The van der Waals surface area contributed by atoms with Crippen molar-refractivity contribution in [3.8, 4) is 11.4 Å². The molecule has 2 fully saturated rings.